The molecule has 1 saturated heterocycles. The van der Waals surface area contributed by atoms with Crippen LogP contribution in [0, 0.1) is 12.7 Å². The summed E-state index contributed by atoms with van der Waals surface area (Å²) >= 11 is 0. The van der Waals surface area contributed by atoms with Gasteiger partial charge in [-0.2, -0.15) is 0 Å². The quantitative estimate of drug-likeness (QED) is 0.813. The number of piperazine rings is 1. The number of ether oxygens (including phenoxy) is 1. The third-order valence-corrected chi connectivity index (χ3v) is 3.96. The maximum Gasteiger partial charge on any atom is 0.407 e. The molecule has 0 spiro atoms. The second-order valence-electron chi connectivity index (χ2n) is 5.78. The molecule has 1 aliphatic heterocycles. The summed E-state index contributed by atoms with van der Waals surface area (Å²) in [6.45, 7) is 3.53. The monoisotopic (exact) mass is 386 g/mol. The summed E-state index contributed by atoms with van der Waals surface area (Å²) in [5, 5.41) is 19.8. The molecule has 10 heteroatoms. The van der Waals surface area contributed by atoms with Gasteiger partial charge in [-0.3, -0.25) is 0 Å². The molecule has 0 unspecified atom stereocenters. The number of hydrogen-bond acceptors (Lipinski definition) is 6. The fourth-order valence-corrected chi connectivity index (χ4v) is 2.68. The maximum atomic E-state index is 13.9. The van der Waals surface area contributed by atoms with Gasteiger partial charge in [0.25, 0.3) is 5.89 Å². The number of aromatic nitrogens is 2. The van der Waals surface area contributed by atoms with Crippen molar-refractivity contribution < 1.29 is 23.4 Å². The Morgan fingerprint density at radius 2 is 2.31 bits per heavy atom. The van der Waals surface area contributed by atoms with Crippen LogP contribution in [0.25, 0.3) is 11.5 Å². The minimum atomic E-state index is -0.912. The summed E-state index contributed by atoms with van der Waals surface area (Å²) in [7, 11) is 0. The molecule has 142 valence electrons. The molecule has 1 aromatic heterocycles. The topological polar surface area (TPSA) is 101 Å². The van der Waals surface area contributed by atoms with E-state index in [0.717, 1.165) is 0 Å². The highest BCUT2D eigenvalue weighted by atomic mass is 35.5. The van der Waals surface area contributed by atoms with Gasteiger partial charge in [-0.25, -0.2) is 9.18 Å². The second-order valence-corrected chi connectivity index (χ2v) is 5.78. The lowest BCUT2D eigenvalue weighted by molar-refractivity contribution is 0.124. The number of nitrogens with zero attached hydrogens (tertiary/aromatic N) is 3. The van der Waals surface area contributed by atoms with Crippen LogP contribution in [0.5, 0.6) is 5.75 Å². The van der Waals surface area contributed by atoms with Crippen LogP contribution in [-0.4, -0.2) is 58.6 Å². The van der Waals surface area contributed by atoms with Gasteiger partial charge in [0.05, 0.1) is 12.2 Å². The minimum absolute atomic E-state index is 0. The molecule has 8 nitrogen and oxygen atoms in total. The summed E-state index contributed by atoms with van der Waals surface area (Å²) in [6, 6.07) is 4.36. The van der Waals surface area contributed by atoms with Gasteiger partial charge in [-0.05, 0) is 24.6 Å². The number of nitrogens with one attached hydrogen (secondary N) is 1. The average Bonchev–Trinajstić information content (AvgIpc) is 3.03. The summed E-state index contributed by atoms with van der Waals surface area (Å²) in [5.74, 6) is 0.471. The van der Waals surface area contributed by atoms with Crippen molar-refractivity contribution in [2.24, 2.45) is 0 Å². The molecule has 1 amide bonds. The van der Waals surface area contributed by atoms with Crippen molar-refractivity contribution in [3.8, 4) is 17.2 Å². The van der Waals surface area contributed by atoms with E-state index in [2.05, 4.69) is 15.5 Å². The van der Waals surface area contributed by atoms with Crippen molar-refractivity contribution in [1.82, 2.24) is 20.4 Å². The van der Waals surface area contributed by atoms with Gasteiger partial charge in [0, 0.05) is 32.6 Å². The summed E-state index contributed by atoms with van der Waals surface area (Å²) in [5.41, 5.74) is 0.186. The molecule has 1 aromatic carbocycles. The normalized spacial score (nSPS) is 16.8. The van der Waals surface area contributed by atoms with E-state index >= 15 is 0 Å². The highest BCUT2D eigenvalue weighted by Gasteiger charge is 2.22. The Balaban J connectivity index is 0.00000243. The SMILES string of the molecule is Cc1nnc(-c2cc(OCC[C@@H]3CN(C(=O)O)CCN3)ccc2F)o1.Cl. The molecule has 1 atom stereocenters. The second kappa shape index (κ2) is 8.81. The lowest BCUT2D eigenvalue weighted by Crippen LogP contribution is -2.52. The summed E-state index contributed by atoms with van der Waals surface area (Å²) in [4.78, 5) is 12.4. The molecule has 2 heterocycles. The first-order chi connectivity index (χ1) is 12.0. The highest BCUT2D eigenvalue weighted by Crippen LogP contribution is 2.26. The fraction of sp³-hybridized carbons (Fsp3) is 0.438. The Bertz CT molecular complexity index is 758. The first-order valence-corrected chi connectivity index (χ1v) is 7.97. The van der Waals surface area contributed by atoms with Gasteiger partial charge in [-0.1, -0.05) is 0 Å². The standard InChI is InChI=1S/C16H19FN4O4.ClH/c1-10-19-20-15(25-10)13-8-12(2-3-14(13)17)24-7-4-11-9-21(16(22)23)6-5-18-11;/h2-3,8,11,18H,4-7,9H2,1H3,(H,22,23);1H/t11-;/m1./s1. The zero-order valence-electron chi connectivity index (χ0n) is 14.1. The lowest BCUT2D eigenvalue weighted by atomic mass is 10.1. The van der Waals surface area contributed by atoms with E-state index in [9.17, 15) is 9.18 Å². The third-order valence-electron chi connectivity index (χ3n) is 3.96. The Labute approximate surface area is 155 Å². The van der Waals surface area contributed by atoms with Crippen LogP contribution < -0.4 is 10.1 Å². The van der Waals surface area contributed by atoms with Gasteiger partial charge >= 0.3 is 6.09 Å². The number of amides is 1. The Hall–Kier alpha value is -2.39. The molecular formula is C16H20ClFN4O4. The fourth-order valence-electron chi connectivity index (χ4n) is 2.68. The van der Waals surface area contributed by atoms with Crippen molar-refractivity contribution in [3.63, 3.8) is 0 Å². The predicted molar refractivity (Wildman–Crippen MR) is 93.2 cm³/mol. The molecule has 0 bridgehead atoms. The first-order valence-electron chi connectivity index (χ1n) is 7.97. The lowest BCUT2D eigenvalue weighted by Gasteiger charge is -2.31. The number of hydrogen-bond donors (Lipinski definition) is 2. The molecule has 2 aromatic rings. The van der Waals surface area contributed by atoms with Crippen molar-refractivity contribution in [3.05, 3.63) is 29.9 Å². The number of aryl methyl sites for hydroxylation is 1. The van der Waals surface area contributed by atoms with Crippen LogP contribution in [0.1, 0.15) is 12.3 Å². The largest absolute Gasteiger partial charge is 0.494 e. The van der Waals surface area contributed by atoms with Gasteiger partial charge in [0.15, 0.2) is 0 Å². The van der Waals surface area contributed by atoms with E-state index < -0.39 is 11.9 Å². The number of benzene rings is 1. The summed E-state index contributed by atoms with van der Waals surface area (Å²) < 4.78 is 24.9. The van der Waals surface area contributed by atoms with Crippen LogP contribution in [0.3, 0.4) is 0 Å². The van der Waals surface area contributed by atoms with Crippen molar-refractivity contribution >= 4 is 18.5 Å². The van der Waals surface area contributed by atoms with Crippen LogP contribution >= 0.6 is 12.4 Å². The van der Waals surface area contributed by atoms with Crippen LogP contribution in [0.15, 0.2) is 22.6 Å². The third kappa shape index (κ3) is 4.83. The number of carboxylic acid groups (broad SMARTS) is 1. The molecule has 1 aliphatic rings. The molecule has 1 fully saturated rings. The maximum absolute atomic E-state index is 13.9. The van der Waals surface area contributed by atoms with Gasteiger partial charge in [-0.15, -0.1) is 22.6 Å². The molecule has 3 rings (SSSR count). The van der Waals surface area contributed by atoms with Crippen LogP contribution in [0.2, 0.25) is 0 Å². The van der Waals surface area contributed by atoms with Gasteiger partial charge in [0.1, 0.15) is 11.6 Å². The van der Waals surface area contributed by atoms with Crippen LogP contribution in [0.4, 0.5) is 9.18 Å². The van der Waals surface area contributed by atoms with E-state index in [0.29, 0.717) is 44.3 Å². The van der Waals surface area contributed by atoms with E-state index in [4.69, 9.17) is 14.3 Å². The van der Waals surface area contributed by atoms with Crippen molar-refractivity contribution in [1.29, 1.82) is 0 Å². The van der Waals surface area contributed by atoms with E-state index in [1.165, 1.54) is 23.1 Å². The molecule has 0 saturated carbocycles. The molecule has 0 aliphatic carbocycles. The minimum Gasteiger partial charge on any atom is -0.494 e. The van der Waals surface area contributed by atoms with Crippen molar-refractivity contribution in [2.45, 2.75) is 19.4 Å². The van der Waals surface area contributed by atoms with E-state index in [-0.39, 0.29) is 29.9 Å². The highest BCUT2D eigenvalue weighted by molar-refractivity contribution is 5.85. The predicted octanol–water partition coefficient (Wildman–Crippen LogP) is 2.33. The van der Waals surface area contributed by atoms with Crippen molar-refractivity contribution in [2.75, 3.05) is 26.2 Å². The van der Waals surface area contributed by atoms with Gasteiger partial charge < -0.3 is 24.5 Å². The number of halogens is 2. The molecular weight excluding hydrogens is 367 g/mol. The average molecular weight is 387 g/mol. The van der Waals surface area contributed by atoms with Gasteiger partial charge in [0.2, 0.25) is 5.89 Å². The summed E-state index contributed by atoms with van der Waals surface area (Å²) in [6.07, 6.45) is -0.277. The Morgan fingerprint density at radius 3 is 3.00 bits per heavy atom. The zero-order valence-corrected chi connectivity index (χ0v) is 15.0. The molecule has 2 N–H and O–H groups in total. The smallest absolute Gasteiger partial charge is 0.407 e. The van der Waals surface area contributed by atoms with Crippen LogP contribution in [-0.2, 0) is 0 Å². The molecule has 0 radical (unpaired) electrons. The number of rotatable bonds is 5. The first kappa shape index (κ1) is 19.9. The van der Waals surface area contributed by atoms with E-state index in [1.807, 2.05) is 0 Å². The Morgan fingerprint density at radius 1 is 1.50 bits per heavy atom. The number of carbonyl (C=O) groups is 1. The molecule has 26 heavy (non-hydrogen) atoms. The zero-order chi connectivity index (χ0) is 17.8. The van der Waals surface area contributed by atoms with E-state index in [1.54, 1.807) is 6.92 Å². The Kier molecular flexibility index (Phi) is 6.76.